The highest BCUT2D eigenvalue weighted by Gasteiger charge is 2.22. The fourth-order valence-corrected chi connectivity index (χ4v) is 8.77. The van der Waals surface area contributed by atoms with Gasteiger partial charge in [-0.15, -0.1) is 0 Å². The highest BCUT2D eigenvalue weighted by Crippen LogP contribution is 2.38. The molecule has 2 aromatic heterocycles. The van der Waals surface area contributed by atoms with E-state index in [0.29, 0.717) is 34.9 Å². The molecule has 0 aliphatic heterocycles. The predicted molar refractivity (Wildman–Crippen MR) is 265 cm³/mol. The second-order valence-electron chi connectivity index (χ2n) is 16.4. The number of nitrogens with zero attached hydrogens (tertiary/aromatic N) is 6. The second-order valence-corrected chi connectivity index (χ2v) is 16.4. The molecule has 0 aliphatic rings. The zero-order chi connectivity index (χ0) is 44.3. The van der Waals surface area contributed by atoms with Gasteiger partial charge in [0.1, 0.15) is 11.6 Å². The molecule has 0 bridgehead atoms. The van der Waals surface area contributed by atoms with Gasteiger partial charge in [-0.1, -0.05) is 194 Å². The van der Waals surface area contributed by atoms with Crippen LogP contribution in [0.25, 0.3) is 90.1 Å². The Morgan fingerprint density at radius 2 is 0.400 bits per heavy atom. The Balaban J connectivity index is 1.20. The summed E-state index contributed by atoms with van der Waals surface area (Å²) in [5, 5.41) is 0. The summed E-state index contributed by atoms with van der Waals surface area (Å²) in [4.78, 5) is 31.8. The summed E-state index contributed by atoms with van der Waals surface area (Å²) in [7, 11) is 0. The normalized spacial score (nSPS) is 11.1. The van der Waals surface area contributed by atoms with Crippen LogP contribution in [0.5, 0.6) is 0 Å². The molecule has 0 spiro atoms. The van der Waals surface area contributed by atoms with Gasteiger partial charge in [0.25, 0.3) is 0 Å². The molecule has 0 aliphatic carbocycles. The molecule has 0 atom stereocenters. The molecule has 6 nitrogen and oxygen atoms in total. The number of hydrogen-bond acceptors (Lipinski definition) is 6. The Hall–Kier alpha value is -8.22. The van der Waals surface area contributed by atoms with Crippen molar-refractivity contribution in [1.82, 2.24) is 29.9 Å². The van der Waals surface area contributed by atoms with E-state index in [0.717, 1.165) is 66.8 Å². The van der Waals surface area contributed by atoms with Gasteiger partial charge in [-0.2, -0.15) is 0 Å². The SMILES string of the molecule is Cc1ccccc1-c1ccccc1-c1nc(Cc2nc(-c3ccccc3-c3ccccc3C)nc(-c3ccccc3-c3ccccc3C)n2)nc(-c2ccccc2-c2ccccc2C)n1. The Morgan fingerprint density at radius 1 is 0.215 bits per heavy atom. The maximum atomic E-state index is 5.31. The molecule has 2 heterocycles. The third-order valence-electron chi connectivity index (χ3n) is 12.1. The summed E-state index contributed by atoms with van der Waals surface area (Å²) in [6, 6.07) is 67.2. The number of benzene rings is 8. The van der Waals surface area contributed by atoms with E-state index in [1.165, 1.54) is 22.3 Å². The zero-order valence-electron chi connectivity index (χ0n) is 36.9. The average molecular weight is 839 g/mol. The summed E-state index contributed by atoms with van der Waals surface area (Å²) in [6.45, 7) is 8.55. The minimum absolute atomic E-state index is 0.225. The molecule has 0 amide bonds. The maximum absolute atomic E-state index is 5.31. The van der Waals surface area contributed by atoms with Crippen LogP contribution in [0.1, 0.15) is 33.9 Å². The van der Waals surface area contributed by atoms with Gasteiger partial charge in [0.15, 0.2) is 23.3 Å². The number of aryl methyl sites for hydroxylation is 4. The van der Waals surface area contributed by atoms with Crippen molar-refractivity contribution in [1.29, 1.82) is 0 Å². The third kappa shape index (κ3) is 8.26. The van der Waals surface area contributed by atoms with Crippen LogP contribution >= 0.6 is 0 Å². The highest BCUT2D eigenvalue weighted by molar-refractivity contribution is 5.87. The number of aromatic nitrogens is 6. The topological polar surface area (TPSA) is 77.3 Å². The van der Waals surface area contributed by atoms with Crippen molar-refractivity contribution in [2.75, 3.05) is 0 Å². The minimum atomic E-state index is 0.225. The lowest BCUT2D eigenvalue weighted by atomic mass is 9.94. The number of rotatable bonds is 10. The van der Waals surface area contributed by atoms with Crippen LogP contribution in [0.15, 0.2) is 194 Å². The van der Waals surface area contributed by atoms with Gasteiger partial charge in [-0.3, -0.25) is 0 Å². The van der Waals surface area contributed by atoms with Crippen molar-refractivity contribution < 1.29 is 0 Å². The molecule has 0 radical (unpaired) electrons. The Kier molecular flexibility index (Phi) is 11.2. The minimum Gasteiger partial charge on any atom is -0.213 e. The van der Waals surface area contributed by atoms with Crippen LogP contribution in [-0.2, 0) is 6.42 Å². The average Bonchev–Trinajstić information content (AvgIpc) is 3.34. The van der Waals surface area contributed by atoms with Crippen LogP contribution in [0.3, 0.4) is 0 Å². The summed E-state index contributed by atoms with van der Waals surface area (Å²) in [6.07, 6.45) is 0.225. The Bertz CT molecular complexity index is 2930. The number of hydrogen-bond donors (Lipinski definition) is 0. The molecule has 6 heteroatoms. The first-order valence-electron chi connectivity index (χ1n) is 22.0. The van der Waals surface area contributed by atoms with Crippen molar-refractivity contribution >= 4 is 0 Å². The first kappa shape index (κ1) is 40.8. The molecule has 65 heavy (non-hydrogen) atoms. The van der Waals surface area contributed by atoms with Crippen LogP contribution in [0, 0.1) is 27.7 Å². The van der Waals surface area contributed by atoms with E-state index in [4.69, 9.17) is 29.9 Å². The van der Waals surface area contributed by atoms with Gasteiger partial charge in [0.05, 0.1) is 6.42 Å². The molecule has 0 saturated heterocycles. The van der Waals surface area contributed by atoms with Gasteiger partial charge in [-0.05, 0) is 94.5 Å². The summed E-state index contributed by atoms with van der Waals surface area (Å²) in [5.74, 6) is 3.40. The molecular weight excluding hydrogens is 793 g/mol. The van der Waals surface area contributed by atoms with Crippen LogP contribution in [0.2, 0.25) is 0 Å². The Morgan fingerprint density at radius 3 is 0.615 bits per heavy atom. The summed E-state index contributed by atoms with van der Waals surface area (Å²) in [5.41, 5.74) is 17.0. The standard InChI is InChI=1S/C59H46N6/c1-38-21-5-9-25-42(38)46-29-13-17-33-50(46)56-60-54(61-57(64-56)51-34-18-14-30-47(51)43-26-10-6-22-39(43)2)37-55-62-58(52-35-19-15-31-48(52)44-27-11-7-23-40(44)3)65-59(63-55)53-36-20-16-32-49(53)45-28-12-8-24-41(45)4/h5-36H,37H2,1-4H3. The molecule has 10 rings (SSSR count). The van der Waals surface area contributed by atoms with E-state index < -0.39 is 0 Å². The van der Waals surface area contributed by atoms with Crippen LogP contribution < -0.4 is 0 Å². The summed E-state index contributed by atoms with van der Waals surface area (Å²) >= 11 is 0. The molecule has 312 valence electrons. The van der Waals surface area contributed by atoms with Crippen LogP contribution in [0.4, 0.5) is 0 Å². The first-order valence-corrected chi connectivity index (χ1v) is 22.0. The van der Waals surface area contributed by atoms with E-state index in [-0.39, 0.29) is 6.42 Å². The quantitative estimate of drug-likeness (QED) is 0.137. The smallest absolute Gasteiger partial charge is 0.164 e. The van der Waals surface area contributed by atoms with Gasteiger partial charge >= 0.3 is 0 Å². The van der Waals surface area contributed by atoms with E-state index in [2.05, 4.69) is 198 Å². The molecule has 0 unspecified atom stereocenters. The maximum Gasteiger partial charge on any atom is 0.164 e. The molecule has 0 saturated carbocycles. The predicted octanol–water partition coefficient (Wildman–Crippen LogP) is 14.2. The molecule has 8 aromatic carbocycles. The van der Waals surface area contributed by atoms with E-state index in [9.17, 15) is 0 Å². The molecule has 10 aromatic rings. The lowest BCUT2D eigenvalue weighted by Crippen LogP contribution is -2.09. The monoisotopic (exact) mass is 838 g/mol. The third-order valence-corrected chi connectivity index (χ3v) is 12.1. The second kappa shape index (κ2) is 17.9. The van der Waals surface area contributed by atoms with E-state index in [1.807, 2.05) is 24.3 Å². The molecule has 0 fully saturated rings. The Labute approximate surface area is 380 Å². The lowest BCUT2D eigenvalue weighted by molar-refractivity contribution is 0.861. The van der Waals surface area contributed by atoms with Crippen molar-refractivity contribution in [2.24, 2.45) is 0 Å². The van der Waals surface area contributed by atoms with Crippen molar-refractivity contribution in [3.8, 4) is 90.1 Å². The van der Waals surface area contributed by atoms with E-state index >= 15 is 0 Å². The highest BCUT2D eigenvalue weighted by atomic mass is 15.1. The lowest BCUT2D eigenvalue weighted by Gasteiger charge is -2.16. The molecule has 0 N–H and O–H groups in total. The summed E-state index contributed by atoms with van der Waals surface area (Å²) < 4.78 is 0. The van der Waals surface area contributed by atoms with Gasteiger partial charge in [0, 0.05) is 22.3 Å². The molecular formula is C59H46N6. The first-order chi connectivity index (χ1) is 31.9. The largest absolute Gasteiger partial charge is 0.213 e. The van der Waals surface area contributed by atoms with Crippen molar-refractivity contribution in [3.63, 3.8) is 0 Å². The van der Waals surface area contributed by atoms with Crippen molar-refractivity contribution in [2.45, 2.75) is 34.1 Å². The fraction of sp³-hybridized carbons (Fsp3) is 0.0847. The van der Waals surface area contributed by atoms with Gasteiger partial charge in [-0.25, -0.2) is 29.9 Å². The zero-order valence-corrected chi connectivity index (χ0v) is 36.9. The van der Waals surface area contributed by atoms with E-state index in [1.54, 1.807) is 0 Å². The van der Waals surface area contributed by atoms with Crippen LogP contribution in [-0.4, -0.2) is 29.9 Å². The fourth-order valence-electron chi connectivity index (χ4n) is 8.77. The van der Waals surface area contributed by atoms with Crippen molar-refractivity contribution in [3.05, 3.63) is 228 Å². The van der Waals surface area contributed by atoms with Gasteiger partial charge < -0.3 is 0 Å². The van der Waals surface area contributed by atoms with Gasteiger partial charge in [0.2, 0.25) is 0 Å².